The Morgan fingerprint density at radius 3 is 2.30 bits per heavy atom. The number of rotatable bonds is 4. The Morgan fingerprint density at radius 1 is 1.70 bits per heavy atom. The van der Waals surface area contributed by atoms with E-state index in [4.69, 9.17) is 0 Å². The second-order valence-electron chi connectivity index (χ2n) is 3.11. The van der Waals surface area contributed by atoms with Gasteiger partial charge in [0.1, 0.15) is 6.29 Å². The second-order valence-corrected chi connectivity index (χ2v) is 5.24. The first-order chi connectivity index (χ1) is 4.54. The Labute approximate surface area is 76.7 Å². The van der Waals surface area contributed by atoms with Crippen LogP contribution in [0.25, 0.3) is 0 Å². The topological polar surface area (TPSA) is 17.1 Å². The standard InChI is InChI=1S/C8H15IO/c1-4-8(3,6-10)5-7(2)9/h6-7H,4-5H2,1-3H3. The van der Waals surface area contributed by atoms with E-state index in [1.807, 2.05) is 6.92 Å². The number of hydrogen-bond donors (Lipinski definition) is 0. The third-order valence-corrected chi connectivity index (χ3v) is 2.28. The number of halogens is 1. The van der Waals surface area contributed by atoms with Crippen molar-refractivity contribution in [2.45, 2.75) is 37.5 Å². The number of hydrogen-bond acceptors (Lipinski definition) is 1. The Kier molecular flexibility index (Phi) is 4.49. The summed E-state index contributed by atoms with van der Waals surface area (Å²) in [5.74, 6) is 0. The van der Waals surface area contributed by atoms with Gasteiger partial charge in [0.2, 0.25) is 0 Å². The highest BCUT2D eigenvalue weighted by molar-refractivity contribution is 14.1. The largest absolute Gasteiger partial charge is 0.303 e. The van der Waals surface area contributed by atoms with Crippen LogP contribution in [0.4, 0.5) is 0 Å². The zero-order chi connectivity index (χ0) is 8.20. The molecule has 0 fully saturated rings. The van der Waals surface area contributed by atoms with Crippen molar-refractivity contribution in [3.63, 3.8) is 0 Å². The van der Waals surface area contributed by atoms with Gasteiger partial charge in [-0.25, -0.2) is 0 Å². The molecule has 0 aliphatic rings. The quantitative estimate of drug-likeness (QED) is 0.428. The lowest BCUT2D eigenvalue weighted by Gasteiger charge is -2.21. The number of carbonyl (C=O) groups excluding carboxylic acids is 1. The Morgan fingerprint density at radius 2 is 2.20 bits per heavy atom. The molecule has 1 nitrogen and oxygen atoms in total. The van der Waals surface area contributed by atoms with Crippen LogP contribution in [0.2, 0.25) is 0 Å². The molecule has 0 aromatic rings. The van der Waals surface area contributed by atoms with Gasteiger partial charge in [0, 0.05) is 9.34 Å². The van der Waals surface area contributed by atoms with E-state index in [0.29, 0.717) is 3.92 Å². The highest BCUT2D eigenvalue weighted by Gasteiger charge is 2.22. The Balaban J connectivity index is 3.92. The van der Waals surface area contributed by atoms with Crippen LogP contribution in [0.15, 0.2) is 0 Å². The van der Waals surface area contributed by atoms with Crippen LogP contribution >= 0.6 is 22.6 Å². The van der Waals surface area contributed by atoms with Gasteiger partial charge in [-0.15, -0.1) is 0 Å². The fraction of sp³-hybridized carbons (Fsp3) is 0.875. The van der Waals surface area contributed by atoms with Gasteiger partial charge in [0.15, 0.2) is 0 Å². The molecule has 0 aromatic heterocycles. The molecule has 0 spiro atoms. The fourth-order valence-electron chi connectivity index (χ4n) is 0.918. The lowest BCUT2D eigenvalue weighted by Crippen LogP contribution is -2.20. The molecule has 0 amide bonds. The highest BCUT2D eigenvalue weighted by atomic mass is 127. The van der Waals surface area contributed by atoms with Crippen LogP contribution in [-0.2, 0) is 4.79 Å². The van der Waals surface area contributed by atoms with Crippen LogP contribution in [0.3, 0.4) is 0 Å². The molecule has 0 N–H and O–H groups in total. The minimum Gasteiger partial charge on any atom is -0.303 e. The minimum atomic E-state index is -0.0827. The third-order valence-electron chi connectivity index (χ3n) is 1.84. The van der Waals surface area contributed by atoms with Gasteiger partial charge in [-0.3, -0.25) is 0 Å². The molecule has 10 heavy (non-hydrogen) atoms. The molecule has 60 valence electrons. The van der Waals surface area contributed by atoms with Gasteiger partial charge in [-0.2, -0.15) is 0 Å². The van der Waals surface area contributed by atoms with E-state index in [1.165, 1.54) is 0 Å². The van der Waals surface area contributed by atoms with Crippen molar-refractivity contribution >= 4 is 28.9 Å². The molecule has 0 aliphatic carbocycles. The SMILES string of the molecule is CCC(C)(C=O)CC(C)I. The zero-order valence-corrected chi connectivity index (χ0v) is 9.01. The normalized spacial score (nSPS) is 19.6. The zero-order valence-electron chi connectivity index (χ0n) is 6.86. The average molecular weight is 254 g/mol. The predicted octanol–water partition coefficient (Wildman–Crippen LogP) is 2.82. The monoisotopic (exact) mass is 254 g/mol. The van der Waals surface area contributed by atoms with Crippen LogP contribution in [0.1, 0.15) is 33.6 Å². The van der Waals surface area contributed by atoms with Crippen LogP contribution in [0.5, 0.6) is 0 Å². The lowest BCUT2D eigenvalue weighted by atomic mass is 9.85. The third kappa shape index (κ3) is 3.54. The fourth-order valence-corrected chi connectivity index (χ4v) is 1.92. The minimum absolute atomic E-state index is 0.0827. The van der Waals surface area contributed by atoms with E-state index in [9.17, 15) is 4.79 Å². The Bertz CT molecular complexity index is 112. The molecule has 0 rings (SSSR count). The van der Waals surface area contributed by atoms with E-state index >= 15 is 0 Å². The maximum Gasteiger partial charge on any atom is 0.125 e. The summed E-state index contributed by atoms with van der Waals surface area (Å²) in [4.78, 5) is 10.6. The van der Waals surface area contributed by atoms with E-state index in [1.54, 1.807) is 0 Å². The van der Waals surface area contributed by atoms with Crippen molar-refractivity contribution in [3.8, 4) is 0 Å². The summed E-state index contributed by atoms with van der Waals surface area (Å²) in [7, 11) is 0. The first kappa shape index (κ1) is 10.4. The molecular weight excluding hydrogens is 239 g/mol. The molecule has 2 atom stereocenters. The number of aldehydes is 1. The second kappa shape index (κ2) is 4.31. The van der Waals surface area contributed by atoms with Gasteiger partial charge in [0.25, 0.3) is 0 Å². The maximum atomic E-state index is 10.6. The smallest absolute Gasteiger partial charge is 0.125 e. The summed E-state index contributed by atoms with van der Waals surface area (Å²) >= 11 is 2.36. The maximum absolute atomic E-state index is 10.6. The van der Waals surface area contributed by atoms with E-state index in [2.05, 4.69) is 36.4 Å². The summed E-state index contributed by atoms with van der Waals surface area (Å²) in [5, 5.41) is 0. The molecule has 0 radical (unpaired) electrons. The van der Waals surface area contributed by atoms with Crippen LogP contribution in [-0.4, -0.2) is 10.2 Å². The van der Waals surface area contributed by atoms with Crippen molar-refractivity contribution in [2.75, 3.05) is 0 Å². The summed E-state index contributed by atoms with van der Waals surface area (Å²) in [6, 6.07) is 0. The highest BCUT2D eigenvalue weighted by Crippen LogP contribution is 2.27. The van der Waals surface area contributed by atoms with Gasteiger partial charge in [-0.05, 0) is 12.8 Å². The molecule has 0 saturated heterocycles. The summed E-state index contributed by atoms with van der Waals surface area (Å²) in [5.41, 5.74) is -0.0827. The van der Waals surface area contributed by atoms with Crippen LogP contribution < -0.4 is 0 Å². The molecule has 0 aromatic carbocycles. The van der Waals surface area contributed by atoms with Gasteiger partial charge in [0.05, 0.1) is 0 Å². The van der Waals surface area contributed by atoms with Crippen molar-refractivity contribution < 1.29 is 4.79 Å². The summed E-state index contributed by atoms with van der Waals surface area (Å²) in [6.07, 6.45) is 3.03. The molecule has 2 heteroatoms. The van der Waals surface area contributed by atoms with Crippen molar-refractivity contribution in [1.29, 1.82) is 0 Å². The van der Waals surface area contributed by atoms with Gasteiger partial charge in [-0.1, -0.05) is 43.4 Å². The molecule has 0 bridgehead atoms. The lowest BCUT2D eigenvalue weighted by molar-refractivity contribution is -0.115. The molecule has 2 unspecified atom stereocenters. The van der Waals surface area contributed by atoms with Gasteiger partial charge >= 0.3 is 0 Å². The van der Waals surface area contributed by atoms with Crippen molar-refractivity contribution in [2.24, 2.45) is 5.41 Å². The molecule has 0 aliphatic heterocycles. The van der Waals surface area contributed by atoms with E-state index in [0.717, 1.165) is 19.1 Å². The number of alkyl halides is 1. The molecular formula is C8H15IO. The van der Waals surface area contributed by atoms with Crippen LogP contribution in [0, 0.1) is 5.41 Å². The predicted molar refractivity (Wildman–Crippen MR) is 52.6 cm³/mol. The first-order valence-corrected chi connectivity index (χ1v) is 4.89. The summed E-state index contributed by atoms with van der Waals surface area (Å²) < 4.78 is 0.591. The summed E-state index contributed by atoms with van der Waals surface area (Å²) in [6.45, 7) is 6.22. The van der Waals surface area contributed by atoms with Crippen molar-refractivity contribution in [1.82, 2.24) is 0 Å². The van der Waals surface area contributed by atoms with E-state index in [-0.39, 0.29) is 5.41 Å². The van der Waals surface area contributed by atoms with E-state index < -0.39 is 0 Å². The van der Waals surface area contributed by atoms with Gasteiger partial charge < -0.3 is 4.79 Å². The average Bonchev–Trinajstić information content (AvgIpc) is 1.87. The Hall–Kier alpha value is 0.400. The molecule has 0 saturated carbocycles. The number of carbonyl (C=O) groups is 1. The van der Waals surface area contributed by atoms with Crippen molar-refractivity contribution in [3.05, 3.63) is 0 Å². The first-order valence-electron chi connectivity index (χ1n) is 3.64. The molecule has 0 heterocycles.